The average molecular weight is 313 g/mol. The molecule has 23 heavy (non-hydrogen) atoms. The molecular weight excluding hydrogens is 294 g/mol. The smallest absolute Gasteiger partial charge is 0.339 e. The number of hydrogen-bond acceptors (Lipinski definition) is 4. The number of ether oxygens (including phenoxy) is 2. The van der Waals surface area contributed by atoms with E-state index >= 15 is 0 Å². The number of aromatic carboxylic acids is 1. The van der Waals surface area contributed by atoms with Crippen molar-refractivity contribution < 1.29 is 19.4 Å². The number of carboxylic acid groups (broad SMARTS) is 1. The highest BCUT2D eigenvalue weighted by atomic mass is 16.5. The Labute approximate surface area is 134 Å². The third-order valence-corrected chi connectivity index (χ3v) is 3.85. The molecule has 0 saturated heterocycles. The summed E-state index contributed by atoms with van der Waals surface area (Å²) >= 11 is 0. The topological polar surface area (TPSA) is 81.8 Å². The van der Waals surface area contributed by atoms with Crippen LogP contribution in [0.2, 0.25) is 0 Å². The minimum atomic E-state index is -1.00. The number of fused-ring (bicyclic) bond motifs is 1. The van der Waals surface area contributed by atoms with Gasteiger partial charge in [-0.05, 0) is 24.1 Å². The van der Waals surface area contributed by atoms with Gasteiger partial charge in [-0.1, -0.05) is 30.3 Å². The van der Waals surface area contributed by atoms with Crippen LogP contribution in [0.5, 0.6) is 11.5 Å². The fourth-order valence-corrected chi connectivity index (χ4v) is 2.78. The van der Waals surface area contributed by atoms with Gasteiger partial charge in [-0.2, -0.15) is 0 Å². The van der Waals surface area contributed by atoms with Gasteiger partial charge in [-0.25, -0.2) is 4.79 Å². The highest BCUT2D eigenvalue weighted by Gasteiger charge is 2.24. The fraction of sp³-hybridized carbons (Fsp3) is 0.278. The maximum Gasteiger partial charge on any atom is 0.339 e. The second-order valence-corrected chi connectivity index (χ2v) is 5.58. The van der Waals surface area contributed by atoms with Crippen LogP contribution in [0.1, 0.15) is 21.5 Å². The summed E-state index contributed by atoms with van der Waals surface area (Å²) in [4.78, 5) is 11.6. The Morgan fingerprint density at radius 1 is 1.26 bits per heavy atom. The lowest BCUT2D eigenvalue weighted by molar-refractivity contribution is 0.0690. The first-order valence-corrected chi connectivity index (χ1v) is 7.59. The van der Waals surface area contributed by atoms with Crippen molar-refractivity contribution in [1.82, 2.24) is 0 Å². The molecular formula is C18H19NO4. The lowest BCUT2D eigenvalue weighted by atomic mass is 10.0. The molecule has 0 unspecified atom stereocenters. The molecule has 2 aromatic rings. The first kappa shape index (κ1) is 15.4. The Morgan fingerprint density at radius 3 is 2.78 bits per heavy atom. The van der Waals surface area contributed by atoms with E-state index in [0.29, 0.717) is 36.5 Å². The van der Waals surface area contributed by atoms with Crippen LogP contribution in [0.15, 0.2) is 42.5 Å². The van der Waals surface area contributed by atoms with Crippen LogP contribution in [-0.4, -0.2) is 30.3 Å². The summed E-state index contributed by atoms with van der Waals surface area (Å²) in [6.07, 6.45) is 1.27. The van der Waals surface area contributed by atoms with Crippen LogP contribution in [0, 0.1) is 0 Å². The first-order chi connectivity index (χ1) is 11.1. The van der Waals surface area contributed by atoms with Crippen molar-refractivity contribution in [2.45, 2.75) is 18.9 Å². The molecule has 0 amide bonds. The molecule has 2 aromatic carbocycles. The molecule has 0 aliphatic carbocycles. The van der Waals surface area contributed by atoms with Gasteiger partial charge in [-0.3, -0.25) is 0 Å². The molecule has 0 saturated carbocycles. The number of rotatable bonds is 6. The van der Waals surface area contributed by atoms with Gasteiger partial charge in [0.1, 0.15) is 23.7 Å². The molecule has 1 aliphatic heterocycles. The molecule has 1 atom stereocenters. The molecule has 3 rings (SSSR count). The maximum absolute atomic E-state index is 11.6. The van der Waals surface area contributed by atoms with Crippen LogP contribution in [0.3, 0.4) is 0 Å². The Bertz CT molecular complexity index is 700. The van der Waals surface area contributed by atoms with Gasteiger partial charge in [0.05, 0.1) is 6.61 Å². The fourth-order valence-electron chi connectivity index (χ4n) is 2.78. The minimum absolute atomic E-state index is 0.187. The van der Waals surface area contributed by atoms with Gasteiger partial charge in [0.2, 0.25) is 0 Å². The van der Waals surface area contributed by atoms with Crippen molar-refractivity contribution in [1.29, 1.82) is 0 Å². The van der Waals surface area contributed by atoms with E-state index < -0.39 is 5.97 Å². The van der Waals surface area contributed by atoms with Gasteiger partial charge in [0.25, 0.3) is 0 Å². The summed E-state index contributed by atoms with van der Waals surface area (Å²) in [5.74, 6) is -0.0208. The number of carboxylic acids is 1. The molecule has 0 aromatic heterocycles. The number of hydrogen-bond donors (Lipinski definition) is 2. The molecule has 0 radical (unpaired) electrons. The highest BCUT2D eigenvalue weighted by Crippen LogP contribution is 2.34. The van der Waals surface area contributed by atoms with Crippen molar-refractivity contribution in [2.75, 3.05) is 13.2 Å². The van der Waals surface area contributed by atoms with Crippen molar-refractivity contribution >= 4 is 5.97 Å². The van der Waals surface area contributed by atoms with Crippen LogP contribution >= 0.6 is 0 Å². The summed E-state index contributed by atoms with van der Waals surface area (Å²) in [6, 6.07) is 13.1. The van der Waals surface area contributed by atoms with Crippen molar-refractivity contribution in [3.05, 3.63) is 59.2 Å². The molecule has 120 valence electrons. The summed E-state index contributed by atoms with van der Waals surface area (Å²) in [5.41, 5.74) is 8.11. The van der Waals surface area contributed by atoms with E-state index in [2.05, 4.69) is 0 Å². The lowest BCUT2D eigenvalue weighted by Gasteiger charge is -2.16. The van der Waals surface area contributed by atoms with E-state index in [1.807, 2.05) is 30.3 Å². The van der Waals surface area contributed by atoms with Crippen LogP contribution in [0.25, 0.3) is 0 Å². The highest BCUT2D eigenvalue weighted by molar-refractivity contribution is 5.93. The van der Waals surface area contributed by atoms with Gasteiger partial charge in [0.15, 0.2) is 0 Å². The zero-order valence-electron chi connectivity index (χ0n) is 12.7. The van der Waals surface area contributed by atoms with E-state index in [1.165, 1.54) is 0 Å². The predicted molar refractivity (Wildman–Crippen MR) is 86.2 cm³/mol. The minimum Gasteiger partial charge on any atom is -0.493 e. The number of nitrogens with two attached hydrogens (primary N) is 1. The van der Waals surface area contributed by atoms with Crippen molar-refractivity contribution in [2.24, 2.45) is 5.73 Å². The number of benzene rings is 2. The molecule has 0 fully saturated rings. The Balaban J connectivity index is 1.70. The van der Waals surface area contributed by atoms with Gasteiger partial charge >= 0.3 is 5.97 Å². The van der Waals surface area contributed by atoms with Crippen molar-refractivity contribution in [3.8, 4) is 11.5 Å². The van der Waals surface area contributed by atoms with Crippen LogP contribution in [0.4, 0.5) is 0 Å². The second-order valence-electron chi connectivity index (χ2n) is 5.58. The molecule has 1 heterocycles. The standard InChI is InChI=1S/C18H19NO4/c19-13(10-12-4-2-1-3-5-12)11-23-16-7-6-15-14(8-9-22-15)17(16)18(20)21/h1-7,13H,8-11,19H2,(H,20,21)/t13-/m1/s1. The molecule has 5 nitrogen and oxygen atoms in total. The zero-order chi connectivity index (χ0) is 16.2. The van der Waals surface area contributed by atoms with E-state index in [1.54, 1.807) is 12.1 Å². The summed E-state index contributed by atoms with van der Waals surface area (Å²) in [7, 11) is 0. The molecule has 0 bridgehead atoms. The Hall–Kier alpha value is -2.53. The van der Waals surface area contributed by atoms with E-state index in [9.17, 15) is 9.90 Å². The van der Waals surface area contributed by atoms with Gasteiger partial charge in [-0.15, -0.1) is 0 Å². The monoisotopic (exact) mass is 313 g/mol. The quantitative estimate of drug-likeness (QED) is 0.855. The Kier molecular flexibility index (Phi) is 4.48. The Morgan fingerprint density at radius 2 is 2.04 bits per heavy atom. The van der Waals surface area contributed by atoms with Gasteiger partial charge < -0.3 is 20.3 Å². The molecule has 3 N–H and O–H groups in total. The lowest BCUT2D eigenvalue weighted by Crippen LogP contribution is -2.30. The first-order valence-electron chi connectivity index (χ1n) is 7.59. The molecule has 1 aliphatic rings. The maximum atomic E-state index is 11.6. The largest absolute Gasteiger partial charge is 0.493 e. The normalized spacial score (nSPS) is 14.0. The van der Waals surface area contributed by atoms with E-state index in [4.69, 9.17) is 15.2 Å². The van der Waals surface area contributed by atoms with Crippen LogP contribution < -0.4 is 15.2 Å². The summed E-state index contributed by atoms with van der Waals surface area (Å²) < 4.78 is 11.1. The summed E-state index contributed by atoms with van der Waals surface area (Å²) in [6.45, 7) is 0.765. The molecule has 5 heteroatoms. The zero-order valence-corrected chi connectivity index (χ0v) is 12.7. The van der Waals surface area contributed by atoms with E-state index in [0.717, 1.165) is 5.56 Å². The predicted octanol–water partition coefficient (Wildman–Crippen LogP) is 2.27. The van der Waals surface area contributed by atoms with Crippen LogP contribution in [-0.2, 0) is 12.8 Å². The third-order valence-electron chi connectivity index (χ3n) is 3.85. The van der Waals surface area contributed by atoms with E-state index in [-0.39, 0.29) is 18.2 Å². The number of carbonyl (C=O) groups is 1. The summed E-state index contributed by atoms with van der Waals surface area (Å²) in [5, 5.41) is 9.46. The average Bonchev–Trinajstić information content (AvgIpc) is 3.01. The van der Waals surface area contributed by atoms with Gasteiger partial charge in [0, 0.05) is 18.0 Å². The molecule has 0 spiro atoms. The second kappa shape index (κ2) is 6.71. The van der Waals surface area contributed by atoms with Crippen molar-refractivity contribution in [3.63, 3.8) is 0 Å². The third kappa shape index (κ3) is 3.46. The SMILES string of the molecule is N[C@@H](COc1ccc2c(c1C(=O)O)CCO2)Cc1ccccc1.